The molecule has 2 aromatic rings. The van der Waals surface area contributed by atoms with E-state index in [1.54, 1.807) is 0 Å². The summed E-state index contributed by atoms with van der Waals surface area (Å²) < 4.78 is 0. The molecule has 1 aromatic heterocycles. The molecule has 0 aliphatic carbocycles. The van der Waals surface area contributed by atoms with Crippen LogP contribution in [0.1, 0.15) is 53.5 Å². The molecule has 0 saturated carbocycles. The van der Waals surface area contributed by atoms with Crippen LogP contribution in [0.5, 0.6) is 0 Å². The molecule has 146 valence electrons. The van der Waals surface area contributed by atoms with Crippen molar-refractivity contribution in [1.82, 2.24) is 20.0 Å². The van der Waals surface area contributed by atoms with Crippen LogP contribution < -0.4 is 0 Å². The molecule has 1 atom stereocenters. The van der Waals surface area contributed by atoms with Gasteiger partial charge in [-0.15, -0.1) is 0 Å². The normalized spacial score (nSPS) is 17.8. The monoisotopic (exact) mass is 368 g/mol. The first-order valence-corrected chi connectivity index (χ1v) is 10.2. The van der Waals surface area contributed by atoms with Crippen LogP contribution >= 0.6 is 0 Å². The smallest absolute Gasteiger partial charge is 0.274 e. The maximum absolute atomic E-state index is 12.9. The minimum absolute atomic E-state index is 0.0413. The maximum Gasteiger partial charge on any atom is 0.274 e. The molecular weight excluding hydrogens is 336 g/mol. The first-order valence-electron chi connectivity index (χ1n) is 10.2. The van der Waals surface area contributed by atoms with E-state index in [-0.39, 0.29) is 11.9 Å². The lowest BCUT2D eigenvalue weighted by Crippen LogP contribution is -2.49. The minimum Gasteiger partial charge on any atom is -0.336 e. The Morgan fingerprint density at radius 3 is 2.81 bits per heavy atom. The van der Waals surface area contributed by atoms with E-state index in [0.717, 1.165) is 63.0 Å². The average Bonchev–Trinajstić information content (AvgIpc) is 3.08. The Hall–Kier alpha value is -2.14. The topological polar surface area (TPSA) is 52.2 Å². The summed E-state index contributed by atoms with van der Waals surface area (Å²) in [6.07, 6.45) is 5.36. The van der Waals surface area contributed by atoms with Crippen LogP contribution in [0.4, 0.5) is 0 Å². The fourth-order valence-electron chi connectivity index (χ4n) is 4.02. The minimum atomic E-state index is 0.0413. The van der Waals surface area contributed by atoms with E-state index in [1.807, 2.05) is 18.9 Å². The maximum atomic E-state index is 12.9. The van der Waals surface area contributed by atoms with Crippen molar-refractivity contribution in [2.75, 3.05) is 26.7 Å². The standard InChI is InChI=1S/C22H32N4O/c1-4-20-17(2)21(24-23-20)22(27)25(3)19-13-9-15-26(16-19)14-8-12-18-10-6-5-7-11-18/h5-7,10-11,19H,4,8-9,12-16H2,1-3H3,(H,23,24)/t19-/m1/s1. The van der Waals surface area contributed by atoms with Gasteiger partial charge < -0.3 is 9.80 Å². The van der Waals surface area contributed by atoms with Crippen LogP contribution in [0.15, 0.2) is 30.3 Å². The van der Waals surface area contributed by atoms with Crippen molar-refractivity contribution < 1.29 is 4.79 Å². The number of aryl methyl sites for hydroxylation is 2. The molecule has 0 radical (unpaired) electrons. The number of nitrogens with one attached hydrogen (secondary N) is 1. The number of carbonyl (C=O) groups is 1. The van der Waals surface area contributed by atoms with E-state index >= 15 is 0 Å². The van der Waals surface area contributed by atoms with E-state index in [2.05, 4.69) is 52.4 Å². The number of aromatic amines is 1. The highest BCUT2D eigenvalue weighted by Crippen LogP contribution is 2.19. The quantitative estimate of drug-likeness (QED) is 0.814. The van der Waals surface area contributed by atoms with Crippen molar-refractivity contribution in [3.8, 4) is 0 Å². The molecule has 0 unspecified atom stereocenters. The molecule has 1 fully saturated rings. The summed E-state index contributed by atoms with van der Waals surface area (Å²) in [6, 6.07) is 10.9. The largest absolute Gasteiger partial charge is 0.336 e. The average molecular weight is 369 g/mol. The summed E-state index contributed by atoms with van der Waals surface area (Å²) in [5.74, 6) is 0.0413. The Morgan fingerprint density at radius 1 is 1.33 bits per heavy atom. The second-order valence-corrected chi connectivity index (χ2v) is 7.63. The third kappa shape index (κ3) is 4.78. The number of rotatable bonds is 7. The highest BCUT2D eigenvalue weighted by atomic mass is 16.2. The summed E-state index contributed by atoms with van der Waals surface area (Å²) in [5.41, 5.74) is 4.03. The van der Waals surface area contributed by atoms with Gasteiger partial charge in [-0.2, -0.15) is 5.10 Å². The molecule has 1 amide bonds. The SMILES string of the molecule is CCc1[nH]nc(C(=O)N(C)[C@@H]2CCCN(CCCc3ccccc3)C2)c1C. The summed E-state index contributed by atoms with van der Waals surface area (Å²) in [5, 5.41) is 7.28. The van der Waals surface area contributed by atoms with Gasteiger partial charge in [0.2, 0.25) is 0 Å². The van der Waals surface area contributed by atoms with Gasteiger partial charge in [-0.1, -0.05) is 37.3 Å². The summed E-state index contributed by atoms with van der Waals surface area (Å²) in [4.78, 5) is 17.3. The lowest BCUT2D eigenvalue weighted by molar-refractivity contribution is 0.0610. The van der Waals surface area contributed by atoms with E-state index < -0.39 is 0 Å². The summed E-state index contributed by atoms with van der Waals surface area (Å²) in [6.45, 7) is 7.25. The van der Waals surface area contributed by atoms with Crippen LogP contribution in [0.3, 0.4) is 0 Å². The molecule has 3 rings (SSSR count). The molecule has 1 aliphatic heterocycles. The molecule has 1 aliphatic rings. The highest BCUT2D eigenvalue weighted by Gasteiger charge is 2.28. The van der Waals surface area contributed by atoms with Gasteiger partial charge in [-0.05, 0) is 57.7 Å². The van der Waals surface area contributed by atoms with Gasteiger partial charge >= 0.3 is 0 Å². The van der Waals surface area contributed by atoms with Gasteiger partial charge in [0.1, 0.15) is 0 Å². The molecule has 5 nitrogen and oxygen atoms in total. The van der Waals surface area contributed by atoms with Crippen LogP contribution in [-0.4, -0.2) is 58.6 Å². The number of likely N-dealkylation sites (N-methyl/N-ethyl adjacent to an activating group) is 1. The second-order valence-electron chi connectivity index (χ2n) is 7.63. The Bertz CT molecular complexity index is 740. The molecular formula is C22H32N4O. The molecule has 1 saturated heterocycles. The van der Waals surface area contributed by atoms with Crippen molar-refractivity contribution >= 4 is 5.91 Å². The van der Waals surface area contributed by atoms with E-state index in [9.17, 15) is 4.79 Å². The molecule has 27 heavy (non-hydrogen) atoms. The second kappa shape index (κ2) is 9.18. The molecule has 1 N–H and O–H groups in total. The predicted molar refractivity (Wildman–Crippen MR) is 109 cm³/mol. The number of hydrogen-bond acceptors (Lipinski definition) is 3. The van der Waals surface area contributed by atoms with E-state index in [1.165, 1.54) is 5.56 Å². The van der Waals surface area contributed by atoms with E-state index in [4.69, 9.17) is 0 Å². The van der Waals surface area contributed by atoms with Crippen LogP contribution in [0, 0.1) is 6.92 Å². The van der Waals surface area contributed by atoms with Crippen molar-refractivity contribution in [2.24, 2.45) is 0 Å². The lowest BCUT2D eigenvalue weighted by atomic mass is 10.0. The number of aromatic nitrogens is 2. The van der Waals surface area contributed by atoms with Gasteiger partial charge in [0, 0.05) is 30.9 Å². The number of benzene rings is 1. The Balaban J connectivity index is 1.53. The van der Waals surface area contributed by atoms with Gasteiger partial charge in [0.15, 0.2) is 5.69 Å². The van der Waals surface area contributed by atoms with Crippen molar-refractivity contribution in [2.45, 2.75) is 52.0 Å². The Labute approximate surface area is 162 Å². The first kappa shape index (κ1) is 19.6. The number of piperidine rings is 1. The Kier molecular flexibility index (Phi) is 6.67. The van der Waals surface area contributed by atoms with Crippen LogP contribution in [0.2, 0.25) is 0 Å². The fraction of sp³-hybridized carbons (Fsp3) is 0.545. The zero-order valence-electron chi connectivity index (χ0n) is 16.9. The fourth-order valence-corrected chi connectivity index (χ4v) is 4.02. The first-order chi connectivity index (χ1) is 13.1. The highest BCUT2D eigenvalue weighted by molar-refractivity contribution is 5.94. The van der Waals surface area contributed by atoms with Crippen LogP contribution in [0.25, 0.3) is 0 Å². The number of likely N-dealkylation sites (tertiary alicyclic amines) is 1. The van der Waals surface area contributed by atoms with Crippen LogP contribution in [-0.2, 0) is 12.8 Å². The van der Waals surface area contributed by atoms with Gasteiger partial charge in [-0.3, -0.25) is 9.89 Å². The third-order valence-electron chi connectivity index (χ3n) is 5.80. The molecule has 1 aromatic carbocycles. The number of carbonyl (C=O) groups excluding carboxylic acids is 1. The van der Waals surface area contributed by atoms with Crippen molar-refractivity contribution in [3.63, 3.8) is 0 Å². The predicted octanol–water partition coefficient (Wildman–Crippen LogP) is 3.45. The van der Waals surface area contributed by atoms with Crippen molar-refractivity contribution in [1.29, 1.82) is 0 Å². The van der Waals surface area contributed by atoms with Crippen molar-refractivity contribution in [3.05, 3.63) is 52.8 Å². The molecule has 0 bridgehead atoms. The molecule has 5 heteroatoms. The zero-order chi connectivity index (χ0) is 19.2. The number of hydrogen-bond donors (Lipinski definition) is 1. The number of H-pyrrole nitrogens is 1. The molecule has 0 spiro atoms. The van der Waals surface area contributed by atoms with Gasteiger partial charge in [0.05, 0.1) is 0 Å². The molecule has 2 heterocycles. The summed E-state index contributed by atoms with van der Waals surface area (Å²) in [7, 11) is 1.93. The van der Waals surface area contributed by atoms with Gasteiger partial charge in [0.25, 0.3) is 5.91 Å². The lowest BCUT2D eigenvalue weighted by Gasteiger charge is -2.37. The van der Waals surface area contributed by atoms with E-state index in [0.29, 0.717) is 5.69 Å². The summed E-state index contributed by atoms with van der Waals surface area (Å²) >= 11 is 0. The number of nitrogens with zero attached hydrogens (tertiary/aromatic N) is 3. The third-order valence-corrected chi connectivity index (χ3v) is 5.80. The van der Waals surface area contributed by atoms with Gasteiger partial charge in [-0.25, -0.2) is 0 Å². The number of amides is 1. The Morgan fingerprint density at radius 2 is 2.11 bits per heavy atom. The zero-order valence-corrected chi connectivity index (χ0v) is 16.9.